The number of fused-ring (bicyclic) bond motifs is 4. The van der Waals surface area contributed by atoms with Gasteiger partial charge in [0.25, 0.3) is 0 Å². The van der Waals surface area contributed by atoms with Crippen LogP contribution in [-0.4, -0.2) is 15.0 Å². The molecule has 0 fully saturated rings. The maximum absolute atomic E-state index is 4.10. The lowest BCUT2D eigenvalue weighted by molar-refractivity contribution is 0.758. The van der Waals surface area contributed by atoms with Crippen molar-refractivity contribution >= 4 is 0 Å². The number of rotatable bonds is 0. The number of nitrogens with zero attached hydrogens (tertiary/aromatic N) is 3. The molecule has 2 aromatic rings. The summed E-state index contributed by atoms with van der Waals surface area (Å²) in [5.74, 6) is 0. The van der Waals surface area contributed by atoms with Crippen molar-refractivity contribution in [3.05, 3.63) is 35.5 Å². The van der Waals surface area contributed by atoms with Crippen molar-refractivity contribution in [2.24, 2.45) is 0 Å². The summed E-state index contributed by atoms with van der Waals surface area (Å²) in [5.41, 5.74) is 5.04. The van der Waals surface area contributed by atoms with Gasteiger partial charge in [-0.3, -0.25) is 0 Å². The van der Waals surface area contributed by atoms with E-state index in [0.717, 1.165) is 5.69 Å². The van der Waals surface area contributed by atoms with Gasteiger partial charge in [-0.25, -0.2) is 4.68 Å². The molecule has 3 heteroatoms. The van der Waals surface area contributed by atoms with Gasteiger partial charge in [-0.2, -0.15) is 0 Å². The molecule has 1 aromatic heterocycles. The van der Waals surface area contributed by atoms with E-state index in [1.165, 1.54) is 16.8 Å². The summed E-state index contributed by atoms with van der Waals surface area (Å²) in [6, 6.07) is 8.85. The zero-order valence-corrected chi connectivity index (χ0v) is 6.23. The lowest BCUT2D eigenvalue weighted by Crippen LogP contribution is -1.85. The van der Waals surface area contributed by atoms with Crippen LogP contribution in [0.1, 0.15) is 17.3 Å². The number of hydrogen-bond donors (Lipinski definition) is 0. The first-order valence-corrected chi connectivity index (χ1v) is 4.01. The molecule has 56 valence electrons. The molecule has 2 aliphatic rings. The molecule has 0 saturated carbocycles. The Bertz CT molecular complexity index is 498. The third kappa shape index (κ3) is 0.343. The Morgan fingerprint density at radius 3 is 3.17 bits per heavy atom. The molecule has 2 heterocycles. The normalized spacial score (nSPS) is 20.5. The third-order valence-electron chi connectivity index (χ3n) is 2.68. The second-order valence-corrected chi connectivity index (χ2v) is 3.26. The highest BCUT2D eigenvalue weighted by Gasteiger charge is 2.47. The lowest BCUT2D eigenvalue weighted by atomic mass is 10.1. The summed E-state index contributed by atoms with van der Waals surface area (Å²) >= 11 is 0. The van der Waals surface area contributed by atoms with Gasteiger partial charge in [0.1, 0.15) is 11.7 Å². The standard InChI is InChI=1S/C9H5N3/c1-2-4-6-5(3-1)7-9-8(6)12(9)11-10-7/h1-4,8H. The van der Waals surface area contributed by atoms with Gasteiger partial charge in [0, 0.05) is 5.56 Å². The highest BCUT2D eigenvalue weighted by Crippen LogP contribution is 2.53. The molecule has 12 heavy (non-hydrogen) atoms. The van der Waals surface area contributed by atoms with Crippen molar-refractivity contribution in [3.8, 4) is 11.3 Å². The fraction of sp³-hybridized carbons (Fsp3) is 0.111. The first-order chi connectivity index (χ1) is 5.97. The molecule has 0 N–H and O–H groups in total. The van der Waals surface area contributed by atoms with Crippen LogP contribution in [-0.2, 0) is 0 Å². The predicted octanol–water partition coefficient (Wildman–Crippen LogP) is 1.21. The summed E-state index contributed by atoms with van der Waals surface area (Å²) in [4.78, 5) is 0. The highest BCUT2D eigenvalue weighted by molar-refractivity contribution is 5.78. The summed E-state index contributed by atoms with van der Waals surface area (Å²) in [5, 5.41) is 8.13. The zero-order valence-electron chi connectivity index (χ0n) is 6.23. The Balaban J connectivity index is 2.21. The molecule has 1 unspecified atom stereocenters. The van der Waals surface area contributed by atoms with Crippen LogP contribution >= 0.6 is 0 Å². The molecular weight excluding hydrogens is 150 g/mol. The SMILES string of the molecule is c1ccc2c(c1)-c1nnn3c1C23. The van der Waals surface area contributed by atoms with Gasteiger partial charge in [-0.1, -0.05) is 29.5 Å². The van der Waals surface area contributed by atoms with Crippen molar-refractivity contribution in [2.75, 3.05) is 0 Å². The van der Waals surface area contributed by atoms with Gasteiger partial charge < -0.3 is 0 Å². The topological polar surface area (TPSA) is 30.7 Å². The summed E-state index contributed by atoms with van der Waals surface area (Å²) in [6.07, 6.45) is 0. The van der Waals surface area contributed by atoms with E-state index < -0.39 is 0 Å². The van der Waals surface area contributed by atoms with Crippen LogP contribution in [0.4, 0.5) is 0 Å². The minimum atomic E-state index is 0.452. The summed E-state index contributed by atoms with van der Waals surface area (Å²) < 4.78 is 1.98. The Hall–Kier alpha value is -1.64. The van der Waals surface area contributed by atoms with Crippen molar-refractivity contribution in [1.29, 1.82) is 0 Å². The van der Waals surface area contributed by atoms with E-state index in [4.69, 9.17) is 0 Å². The van der Waals surface area contributed by atoms with Crippen molar-refractivity contribution in [1.82, 2.24) is 15.0 Å². The largest absolute Gasteiger partial charge is 0.232 e. The van der Waals surface area contributed by atoms with Gasteiger partial charge in [-0.05, 0) is 5.56 Å². The fourth-order valence-electron chi connectivity index (χ4n) is 2.09. The smallest absolute Gasteiger partial charge is 0.124 e. The molecule has 0 bridgehead atoms. The van der Waals surface area contributed by atoms with Crippen LogP contribution in [0.15, 0.2) is 24.3 Å². The molecule has 1 atom stereocenters. The van der Waals surface area contributed by atoms with Crippen LogP contribution in [0.2, 0.25) is 0 Å². The maximum Gasteiger partial charge on any atom is 0.124 e. The fourth-order valence-corrected chi connectivity index (χ4v) is 2.09. The zero-order chi connectivity index (χ0) is 7.71. The molecule has 3 nitrogen and oxygen atoms in total. The Labute approximate surface area is 68.6 Å². The van der Waals surface area contributed by atoms with Crippen LogP contribution < -0.4 is 0 Å². The van der Waals surface area contributed by atoms with Crippen molar-refractivity contribution in [2.45, 2.75) is 6.04 Å². The number of benzene rings is 1. The third-order valence-corrected chi connectivity index (χ3v) is 2.68. The van der Waals surface area contributed by atoms with E-state index in [1.54, 1.807) is 0 Å². The molecule has 0 amide bonds. The Kier molecular flexibility index (Phi) is 0.554. The van der Waals surface area contributed by atoms with Crippen molar-refractivity contribution in [3.63, 3.8) is 0 Å². The highest BCUT2D eigenvalue weighted by atomic mass is 15.5. The van der Waals surface area contributed by atoms with Gasteiger partial charge in [0.2, 0.25) is 0 Å². The quantitative estimate of drug-likeness (QED) is 0.382. The minimum absolute atomic E-state index is 0.452. The summed E-state index contributed by atoms with van der Waals surface area (Å²) in [6.45, 7) is 0. The van der Waals surface area contributed by atoms with Crippen LogP contribution in [0.25, 0.3) is 11.3 Å². The number of aromatic nitrogens is 3. The molecule has 1 aliphatic heterocycles. The van der Waals surface area contributed by atoms with E-state index in [9.17, 15) is 0 Å². The molecule has 0 radical (unpaired) electrons. The Morgan fingerprint density at radius 1 is 1.25 bits per heavy atom. The van der Waals surface area contributed by atoms with E-state index in [2.05, 4.69) is 34.6 Å². The minimum Gasteiger partial charge on any atom is -0.232 e. The average Bonchev–Trinajstić information content (AvgIpc) is 2.57. The van der Waals surface area contributed by atoms with E-state index >= 15 is 0 Å². The maximum atomic E-state index is 4.10. The second-order valence-electron chi connectivity index (χ2n) is 3.26. The molecule has 0 spiro atoms. The van der Waals surface area contributed by atoms with E-state index in [0.29, 0.717) is 6.04 Å². The summed E-state index contributed by atoms with van der Waals surface area (Å²) in [7, 11) is 0. The molecule has 4 rings (SSSR count). The molecular formula is C9H5N3. The van der Waals surface area contributed by atoms with Gasteiger partial charge in [0.15, 0.2) is 0 Å². The van der Waals surface area contributed by atoms with Crippen LogP contribution in [0.3, 0.4) is 0 Å². The molecule has 1 aliphatic carbocycles. The van der Waals surface area contributed by atoms with Gasteiger partial charge in [-0.15, -0.1) is 5.10 Å². The molecule has 0 saturated heterocycles. The lowest BCUT2D eigenvalue weighted by Gasteiger charge is -1.96. The van der Waals surface area contributed by atoms with Gasteiger partial charge in [0.05, 0.1) is 5.69 Å². The van der Waals surface area contributed by atoms with E-state index in [-0.39, 0.29) is 0 Å². The van der Waals surface area contributed by atoms with Crippen LogP contribution in [0, 0.1) is 0 Å². The monoisotopic (exact) mass is 155 g/mol. The first-order valence-electron chi connectivity index (χ1n) is 4.01. The van der Waals surface area contributed by atoms with Crippen molar-refractivity contribution < 1.29 is 0 Å². The first kappa shape index (κ1) is 5.09. The average molecular weight is 155 g/mol. The molecule has 1 aromatic carbocycles. The predicted molar refractivity (Wildman–Crippen MR) is 42.7 cm³/mol. The second kappa shape index (κ2) is 1.31. The van der Waals surface area contributed by atoms with E-state index in [1.807, 2.05) is 4.68 Å². The van der Waals surface area contributed by atoms with Gasteiger partial charge >= 0.3 is 0 Å². The Morgan fingerprint density at radius 2 is 2.17 bits per heavy atom. The van der Waals surface area contributed by atoms with Crippen LogP contribution in [0.5, 0.6) is 0 Å². The number of hydrogen-bond acceptors (Lipinski definition) is 2.